The second-order valence-electron chi connectivity index (χ2n) is 9.04. The van der Waals surface area contributed by atoms with Crippen LogP contribution in [0.15, 0.2) is 35.1 Å². The van der Waals surface area contributed by atoms with E-state index in [9.17, 15) is 22.8 Å². The molecule has 3 atom stereocenters. The van der Waals surface area contributed by atoms with Crippen LogP contribution in [0.5, 0.6) is 0 Å². The van der Waals surface area contributed by atoms with Gasteiger partial charge in [0.05, 0.1) is 6.04 Å². The quantitative estimate of drug-likeness (QED) is 0.306. The van der Waals surface area contributed by atoms with Crippen LogP contribution in [0.2, 0.25) is 4.34 Å². The second kappa shape index (κ2) is 13.1. The molecule has 0 aliphatic carbocycles. The van der Waals surface area contributed by atoms with Gasteiger partial charge in [0, 0.05) is 40.7 Å². The third-order valence-corrected chi connectivity index (χ3v) is 8.45. The first-order chi connectivity index (χ1) is 18.2. The van der Waals surface area contributed by atoms with Crippen LogP contribution in [0.4, 0.5) is 13.2 Å². The van der Waals surface area contributed by atoms with Gasteiger partial charge >= 0.3 is 12.1 Å². The Morgan fingerprint density at radius 3 is 2.67 bits per heavy atom. The number of carboxylic acids is 1. The van der Waals surface area contributed by atoms with Crippen molar-refractivity contribution >= 4 is 67.7 Å². The summed E-state index contributed by atoms with van der Waals surface area (Å²) in [4.78, 5) is 39.7. The normalized spacial score (nSPS) is 17.8. The van der Waals surface area contributed by atoms with Crippen LogP contribution in [0, 0.1) is 5.92 Å². The Labute approximate surface area is 239 Å². The third kappa shape index (κ3) is 8.65. The van der Waals surface area contributed by atoms with Gasteiger partial charge in [-0.25, -0.2) is 9.78 Å². The van der Waals surface area contributed by atoms with Crippen molar-refractivity contribution in [3.05, 3.63) is 49.8 Å². The van der Waals surface area contributed by atoms with E-state index in [1.54, 1.807) is 24.5 Å². The topological polar surface area (TPSA) is 125 Å². The number of pyridine rings is 1. The van der Waals surface area contributed by atoms with Crippen LogP contribution < -0.4 is 16.0 Å². The number of nitrogens with zero attached hydrogens (tertiary/aromatic N) is 2. The fourth-order valence-corrected chi connectivity index (χ4v) is 5.86. The Morgan fingerprint density at radius 1 is 1.36 bits per heavy atom. The van der Waals surface area contributed by atoms with E-state index in [1.807, 2.05) is 36.0 Å². The summed E-state index contributed by atoms with van der Waals surface area (Å²) >= 11 is 11.1. The van der Waals surface area contributed by atoms with E-state index in [-0.39, 0.29) is 17.9 Å². The van der Waals surface area contributed by atoms with Gasteiger partial charge in [0.2, 0.25) is 11.8 Å². The largest absolute Gasteiger partial charge is 0.490 e. The summed E-state index contributed by atoms with van der Waals surface area (Å²) in [5, 5.41) is 17.1. The lowest BCUT2D eigenvalue weighted by Gasteiger charge is -2.17. The number of aryl methyl sites for hydroxylation is 1. The van der Waals surface area contributed by atoms with E-state index in [0.29, 0.717) is 12.5 Å². The predicted molar refractivity (Wildman–Crippen MR) is 144 cm³/mol. The molecule has 9 nitrogen and oxygen atoms in total. The minimum absolute atomic E-state index is 0.145. The average molecular weight is 653 g/mol. The molecule has 0 aromatic carbocycles. The van der Waals surface area contributed by atoms with Crippen molar-refractivity contribution in [1.82, 2.24) is 25.5 Å². The van der Waals surface area contributed by atoms with Gasteiger partial charge in [0.1, 0.15) is 16.0 Å². The number of nitrogens with one attached hydrogen (secondary N) is 3. The van der Waals surface area contributed by atoms with Gasteiger partial charge in [0.25, 0.3) is 0 Å². The second-order valence-corrected chi connectivity index (χ2v) is 11.6. The van der Waals surface area contributed by atoms with Crippen LogP contribution in [-0.2, 0) is 34.4 Å². The Bertz CT molecular complexity index is 1330. The summed E-state index contributed by atoms with van der Waals surface area (Å²) in [6.45, 7) is 2.82. The van der Waals surface area contributed by atoms with Crippen molar-refractivity contribution in [2.24, 2.45) is 13.0 Å². The number of rotatable bonds is 7. The van der Waals surface area contributed by atoms with Crippen molar-refractivity contribution in [3.8, 4) is 0 Å². The summed E-state index contributed by atoms with van der Waals surface area (Å²) in [6, 6.07) is 5.12. The van der Waals surface area contributed by atoms with Gasteiger partial charge in [-0.3, -0.25) is 9.59 Å². The lowest BCUT2D eigenvalue weighted by molar-refractivity contribution is -0.192. The van der Waals surface area contributed by atoms with Crippen molar-refractivity contribution in [3.63, 3.8) is 0 Å². The first-order valence-electron chi connectivity index (χ1n) is 11.7. The van der Waals surface area contributed by atoms with E-state index in [0.717, 1.165) is 44.8 Å². The molecule has 4 N–H and O–H groups in total. The molecule has 15 heteroatoms. The van der Waals surface area contributed by atoms with Gasteiger partial charge in [0.15, 0.2) is 0 Å². The lowest BCUT2D eigenvalue weighted by Crippen LogP contribution is -2.49. The number of halogens is 5. The maximum atomic E-state index is 12.6. The number of alkyl halides is 3. The van der Waals surface area contributed by atoms with Gasteiger partial charge in [-0.15, -0.1) is 11.3 Å². The number of carbonyl (C=O) groups excluding carboxylic acids is 2. The molecule has 3 aromatic rings. The average Bonchev–Trinajstić information content (AvgIpc) is 3.56. The summed E-state index contributed by atoms with van der Waals surface area (Å²) in [5.74, 6) is -2.77. The molecular weight excluding hydrogens is 627 g/mol. The van der Waals surface area contributed by atoms with E-state index in [1.165, 1.54) is 4.88 Å². The molecule has 0 bridgehead atoms. The lowest BCUT2D eigenvalue weighted by atomic mass is 10.0. The fourth-order valence-electron chi connectivity index (χ4n) is 3.96. The summed E-state index contributed by atoms with van der Waals surface area (Å²) in [6.07, 6.45) is 0.236. The number of aliphatic carboxylic acids is 1. The molecule has 0 unspecified atom stereocenters. The Balaban J connectivity index is 0.000000532. The number of amides is 2. The van der Waals surface area contributed by atoms with Crippen molar-refractivity contribution < 1.29 is 32.7 Å². The molecular formula is C24H26BrClF3N5O4S. The minimum atomic E-state index is -5.08. The van der Waals surface area contributed by atoms with Crippen LogP contribution >= 0.6 is 38.9 Å². The van der Waals surface area contributed by atoms with Crippen molar-refractivity contribution in [2.45, 2.75) is 44.6 Å². The molecule has 1 aliphatic heterocycles. The highest BCUT2D eigenvalue weighted by Gasteiger charge is 2.38. The molecule has 39 heavy (non-hydrogen) atoms. The fraction of sp³-hybridized carbons (Fsp3) is 0.417. The number of fused-ring (bicyclic) bond motifs is 1. The molecule has 1 aliphatic rings. The van der Waals surface area contributed by atoms with Gasteiger partial charge in [-0.1, -0.05) is 11.6 Å². The first kappa shape index (κ1) is 30.9. The standard InChI is InChI=1S/C22H25BrClN5O2S.C2HF3O2/c1-12(21(30)27-11-14-5-15-3-4-29(2)20(15)26-10-14)28-22(31)18-7-13(9-25-18)6-16-8-17(23)19(24)32-16;3-2(4,5)1(6)7/h3-5,8,10,12-13,18,25H,6-7,9,11H2,1-2H3,(H,27,30)(H,28,31);(H,6,7)/t12-,13-,18+;/m0./s1. The number of hydrogen-bond donors (Lipinski definition) is 4. The predicted octanol–water partition coefficient (Wildman–Crippen LogP) is 4.03. The maximum absolute atomic E-state index is 12.6. The zero-order valence-electron chi connectivity index (χ0n) is 20.8. The highest BCUT2D eigenvalue weighted by atomic mass is 79.9. The molecule has 1 fully saturated rings. The zero-order chi connectivity index (χ0) is 28.9. The SMILES string of the molecule is C[C@H](NC(=O)[C@H]1C[C@H](Cc2cc(Br)c(Cl)s2)CN1)C(=O)NCc1cnc2c(ccn2C)c1.O=C(O)C(F)(F)F. The summed E-state index contributed by atoms with van der Waals surface area (Å²) in [7, 11) is 1.94. The number of carboxylic acid groups (broad SMARTS) is 1. The first-order valence-corrected chi connectivity index (χ1v) is 13.7. The van der Waals surface area contributed by atoms with Gasteiger partial charge < -0.3 is 25.6 Å². The Morgan fingerprint density at radius 2 is 2.05 bits per heavy atom. The number of aromatic nitrogens is 2. The Kier molecular flexibility index (Phi) is 10.4. The van der Waals surface area contributed by atoms with E-state index in [4.69, 9.17) is 21.5 Å². The zero-order valence-corrected chi connectivity index (χ0v) is 24.0. The minimum Gasteiger partial charge on any atom is -0.475 e. The Hall–Kier alpha value is -2.68. The highest BCUT2D eigenvalue weighted by Crippen LogP contribution is 2.34. The monoisotopic (exact) mass is 651 g/mol. The van der Waals surface area contributed by atoms with Crippen molar-refractivity contribution in [2.75, 3.05) is 6.54 Å². The third-order valence-electron chi connectivity index (χ3n) is 5.95. The molecule has 4 rings (SSSR count). The molecule has 0 saturated carbocycles. The highest BCUT2D eigenvalue weighted by molar-refractivity contribution is 9.10. The molecule has 0 spiro atoms. The smallest absolute Gasteiger partial charge is 0.475 e. The van der Waals surface area contributed by atoms with Gasteiger partial charge in [-0.2, -0.15) is 13.2 Å². The van der Waals surface area contributed by atoms with Crippen LogP contribution in [0.25, 0.3) is 11.0 Å². The molecule has 0 radical (unpaired) electrons. The van der Waals surface area contributed by atoms with Crippen LogP contribution in [-0.4, -0.2) is 57.2 Å². The summed E-state index contributed by atoms with van der Waals surface area (Å²) in [5.41, 5.74) is 1.81. The molecule has 212 valence electrons. The molecule has 3 aromatic heterocycles. The number of hydrogen-bond acceptors (Lipinski definition) is 6. The molecule has 1 saturated heterocycles. The number of thiophene rings is 1. The number of carbonyl (C=O) groups is 3. The molecule has 2 amide bonds. The maximum Gasteiger partial charge on any atom is 0.490 e. The summed E-state index contributed by atoms with van der Waals surface area (Å²) < 4.78 is 35.4. The van der Waals surface area contributed by atoms with Gasteiger partial charge in [-0.05, 0) is 71.9 Å². The van der Waals surface area contributed by atoms with E-state index >= 15 is 0 Å². The van der Waals surface area contributed by atoms with Crippen LogP contribution in [0.3, 0.4) is 0 Å². The van der Waals surface area contributed by atoms with E-state index in [2.05, 4.69) is 36.9 Å². The van der Waals surface area contributed by atoms with Crippen molar-refractivity contribution in [1.29, 1.82) is 0 Å². The van der Waals surface area contributed by atoms with E-state index < -0.39 is 18.2 Å². The molecule has 4 heterocycles. The van der Waals surface area contributed by atoms with Crippen LogP contribution in [0.1, 0.15) is 23.8 Å².